The molecule has 0 aromatic rings. The van der Waals surface area contributed by atoms with E-state index in [0.717, 1.165) is 6.92 Å². The van der Waals surface area contributed by atoms with Crippen LogP contribution in [0.2, 0.25) is 16.6 Å². The van der Waals surface area contributed by atoms with Crippen LogP contribution in [0.3, 0.4) is 0 Å². The first-order chi connectivity index (χ1) is 8.45. The van der Waals surface area contributed by atoms with Crippen LogP contribution < -0.4 is 0 Å². The summed E-state index contributed by atoms with van der Waals surface area (Å²) in [5.74, 6) is 0.888. The van der Waals surface area contributed by atoms with E-state index in [2.05, 4.69) is 10.3 Å². The molecule has 0 atom stereocenters. The molecule has 0 N–H and O–H groups in total. The maximum Gasteiger partial charge on any atom is 0.470 e. The Balaban J connectivity index is 5.54. The van der Waals surface area contributed by atoms with Gasteiger partial charge in [0.2, 0.25) is 0 Å². The maximum absolute atomic E-state index is 13.4. The van der Waals surface area contributed by atoms with Gasteiger partial charge >= 0.3 is 12.1 Å². The van der Waals surface area contributed by atoms with E-state index >= 15 is 0 Å². The van der Waals surface area contributed by atoms with Gasteiger partial charge in [-0.15, -0.1) is 5.54 Å². The first-order valence-electron chi connectivity index (χ1n) is 6.57. The van der Waals surface area contributed by atoms with Crippen LogP contribution in [0.4, 0.5) is 8.78 Å². The summed E-state index contributed by atoms with van der Waals surface area (Å²) in [6, 6.07) is 0. The molecule has 0 aromatic heterocycles. The van der Waals surface area contributed by atoms with Crippen LogP contribution in [-0.2, 0) is 9.53 Å². The molecule has 0 aliphatic rings. The van der Waals surface area contributed by atoms with Crippen molar-refractivity contribution in [2.45, 2.75) is 71.2 Å². The van der Waals surface area contributed by atoms with Gasteiger partial charge in [-0.05, 0) is 16.6 Å². The average molecular weight is 290 g/mol. The lowest BCUT2D eigenvalue weighted by molar-refractivity contribution is -0.200. The molecular formula is C14H24F2O2Si. The third kappa shape index (κ3) is 4.61. The molecule has 110 valence electrons. The van der Waals surface area contributed by atoms with Gasteiger partial charge in [0, 0.05) is 12.8 Å². The van der Waals surface area contributed by atoms with E-state index in [4.69, 9.17) is 0 Å². The minimum Gasteiger partial charge on any atom is -0.391 e. The number of alkyl halides is 2. The van der Waals surface area contributed by atoms with Crippen LogP contribution in [0.5, 0.6) is 0 Å². The highest BCUT2D eigenvalue weighted by atomic mass is 28.3. The molecule has 0 aromatic carbocycles. The van der Waals surface area contributed by atoms with E-state index < -0.39 is 20.2 Å². The van der Waals surface area contributed by atoms with Crippen LogP contribution in [0.15, 0.2) is 0 Å². The molecule has 0 unspecified atom stereocenters. The fourth-order valence-electron chi connectivity index (χ4n) is 2.82. The van der Waals surface area contributed by atoms with Crippen molar-refractivity contribution in [2.75, 3.05) is 0 Å². The Hall–Kier alpha value is -0.893. The van der Waals surface area contributed by atoms with E-state index in [-0.39, 0.29) is 16.6 Å². The highest BCUT2D eigenvalue weighted by molar-refractivity contribution is 6.90. The molecule has 0 aliphatic heterocycles. The van der Waals surface area contributed by atoms with E-state index in [1.165, 1.54) is 0 Å². The second kappa shape index (κ2) is 6.51. The Labute approximate surface area is 115 Å². The number of halogens is 2. The molecule has 2 nitrogen and oxygen atoms in total. The van der Waals surface area contributed by atoms with Crippen LogP contribution in [-0.4, -0.2) is 20.2 Å². The third-order valence-electron chi connectivity index (χ3n) is 3.56. The molecular weight excluding hydrogens is 266 g/mol. The fraction of sp³-hybridized carbons (Fsp3) is 0.786. The number of hydrogen-bond acceptors (Lipinski definition) is 2. The van der Waals surface area contributed by atoms with Crippen molar-refractivity contribution in [3.05, 3.63) is 0 Å². The summed E-state index contributed by atoms with van der Waals surface area (Å²) in [7, 11) is -2.22. The quantitative estimate of drug-likeness (QED) is 0.437. The predicted molar refractivity (Wildman–Crippen MR) is 75.5 cm³/mol. The lowest BCUT2D eigenvalue weighted by atomic mass is 10.5. The van der Waals surface area contributed by atoms with Gasteiger partial charge in [0.15, 0.2) is 0 Å². The van der Waals surface area contributed by atoms with Gasteiger partial charge in [0.05, 0.1) is 0 Å². The summed E-state index contributed by atoms with van der Waals surface area (Å²) in [5.41, 5.74) is 3.61. The Morgan fingerprint density at radius 3 is 1.68 bits per heavy atom. The first-order valence-corrected chi connectivity index (χ1v) is 8.80. The third-order valence-corrected chi connectivity index (χ3v) is 9.85. The summed E-state index contributed by atoms with van der Waals surface area (Å²) in [5, 5.41) is 0. The van der Waals surface area contributed by atoms with Crippen molar-refractivity contribution in [2.24, 2.45) is 0 Å². The summed E-state index contributed by atoms with van der Waals surface area (Å²) in [6.07, 6.45) is -3.69. The zero-order valence-corrected chi connectivity index (χ0v) is 13.8. The molecule has 0 heterocycles. The summed E-state index contributed by atoms with van der Waals surface area (Å²) in [4.78, 5) is 10.6. The van der Waals surface area contributed by atoms with Gasteiger partial charge in [-0.25, -0.2) is 0 Å². The molecule has 0 saturated carbocycles. The number of carbonyl (C=O) groups excluding carboxylic acids is 1. The molecule has 0 saturated heterocycles. The number of esters is 1. The van der Waals surface area contributed by atoms with Gasteiger partial charge in [-0.1, -0.05) is 41.5 Å². The van der Waals surface area contributed by atoms with Gasteiger partial charge in [-0.2, -0.15) is 8.78 Å². The van der Waals surface area contributed by atoms with Crippen LogP contribution in [0.1, 0.15) is 48.5 Å². The number of rotatable bonds is 4. The monoisotopic (exact) mass is 290 g/mol. The summed E-state index contributed by atoms with van der Waals surface area (Å²) in [6.45, 7) is 13.1. The molecule has 0 radical (unpaired) electrons. The summed E-state index contributed by atoms with van der Waals surface area (Å²) >= 11 is 0. The highest BCUT2D eigenvalue weighted by Gasteiger charge is 2.43. The van der Waals surface area contributed by atoms with Crippen molar-refractivity contribution in [3.8, 4) is 11.5 Å². The second-order valence-electron chi connectivity index (χ2n) is 5.76. The van der Waals surface area contributed by atoms with Crippen LogP contribution in [0, 0.1) is 11.5 Å². The molecule has 5 heteroatoms. The summed E-state index contributed by atoms with van der Waals surface area (Å²) < 4.78 is 30.8. The maximum atomic E-state index is 13.4. The lowest BCUT2D eigenvalue weighted by Gasteiger charge is -2.38. The Morgan fingerprint density at radius 1 is 1.05 bits per heavy atom. The van der Waals surface area contributed by atoms with Crippen molar-refractivity contribution >= 4 is 14.0 Å². The van der Waals surface area contributed by atoms with Gasteiger partial charge in [-0.3, -0.25) is 4.79 Å². The predicted octanol–water partition coefficient (Wildman–Crippen LogP) is 4.36. The molecule has 0 rings (SSSR count). The minimum atomic E-state index is -3.69. The highest BCUT2D eigenvalue weighted by Crippen LogP contribution is 2.41. The normalized spacial score (nSPS) is 12.6. The van der Waals surface area contributed by atoms with E-state index in [9.17, 15) is 13.6 Å². The van der Waals surface area contributed by atoms with Gasteiger partial charge < -0.3 is 4.74 Å². The molecule has 19 heavy (non-hydrogen) atoms. The minimum absolute atomic E-state index is 0.258. The van der Waals surface area contributed by atoms with Gasteiger partial charge in [0.25, 0.3) is 0 Å². The number of carbonyl (C=O) groups is 1. The SMILES string of the molecule is CC(=O)OC(F)(F)C#C[Si](C(C)C)(C(C)C)C(C)C. The standard InChI is InChI=1S/C14H24F2O2Si/c1-10(2)19(11(3)4,12(5)6)9-8-14(15,16)18-13(7)17/h10-12H,1-7H3. The molecule has 0 bridgehead atoms. The van der Waals surface area contributed by atoms with Crippen LogP contribution >= 0.6 is 0 Å². The Morgan fingerprint density at radius 2 is 1.42 bits per heavy atom. The molecule has 0 amide bonds. The molecule has 0 fully saturated rings. The fourth-order valence-corrected chi connectivity index (χ4v) is 8.05. The van der Waals surface area contributed by atoms with E-state index in [1.807, 2.05) is 47.5 Å². The molecule has 0 aliphatic carbocycles. The Bertz CT molecular complexity index is 357. The first kappa shape index (κ1) is 18.1. The topological polar surface area (TPSA) is 26.3 Å². The average Bonchev–Trinajstić information content (AvgIpc) is 2.13. The number of hydrogen-bond donors (Lipinski definition) is 0. The van der Waals surface area contributed by atoms with Crippen molar-refractivity contribution < 1.29 is 18.3 Å². The van der Waals surface area contributed by atoms with Crippen molar-refractivity contribution in [1.29, 1.82) is 0 Å². The smallest absolute Gasteiger partial charge is 0.391 e. The zero-order chi connectivity index (χ0) is 15.4. The zero-order valence-electron chi connectivity index (χ0n) is 12.8. The lowest BCUT2D eigenvalue weighted by Crippen LogP contribution is -2.43. The van der Waals surface area contributed by atoms with E-state index in [0.29, 0.717) is 0 Å². The van der Waals surface area contributed by atoms with Crippen molar-refractivity contribution in [1.82, 2.24) is 0 Å². The molecule has 0 spiro atoms. The largest absolute Gasteiger partial charge is 0.470 e. The van der Waals surface area contributed by atoms with Crippen molar-refractivity contribution in [3.63, 3.8) is 0 Å². The second-order valence-corrected chi connectivity index (χ2v) is 11.3. The Kier molecular flexibility index (Phi) is 6.21. The number of ether oxygens (including phenoxy) is 1. The van der Waals surface area contributed by atoms with Gasteiger partial charge in [0.1, 0.15) is 8.07 Å². The van der Waals surface area contributed by atoms with Crippen LogP contribution in [0.25, 0.3) is 0 Å². The van der Waals surface area contributed by atoms with E-state index in [1.54, 1.807) is 0 Å².